The number of rotatable bonds is 4. The van der Waals surface area contributed by atoms with E-state index in [1.807, 2.05) is 86.3 Å². The first-order chi connectivity index (χ1) is 17.8. The fourth-order valence-electron chi connectivity index (χ4n) is 4.48. The van der Waals surface area contributed by atoms with Gasteiger partial charge in [-0.15, -0.1) is 0 Å². The highest BCUT2D eigenvalue weighted by atomic mass is 16.5. The van der Waals surface area contributed by atoms with Crippen LogP contribution in [0.4, 0.5) is 17.1 Å². The first kappa shape index (κ1) is 23.0. The second-order valence-electron chi connectivity index (χ2n) is 9.92. The molecule has 37 heavy (non-hydrogen) atoms. The van der Waals surface area contributed by atoms with Gasteiger partial charge >= 0.3 is 0 Å². The minimum Gasteiger partial charge on any atom is -0.462 e. The Morgan fingerprint density at radius 2 is 1.97 bits per heavy atom. The molecular formula is C29H28N6O2. The molecule has 1 atom stereocenters. The average molecular weight is 493 g/mol. The molecule has 1 unspecified atom stereocenters. The Morgan fingerprint density at radius 3 is 2.78 bits per heavy atom. The summed E-state index contributed by atoms with van der Waals surface area (Å²) >= 11 is 0. The maximum Gasteiger partial charge on any atom is 0.289 e. The molecule has 3 heterocycles. The number of nitrogens with zero attached hydrogens (tertiary/aromatic N) is 4. The van der Waals surface area contributed by atoms with Crippen molar-refractivity contribution in [2.45, 2.75) is 32.5 Å². The van der Waals surface area contributed by atoms with Crippen molar-refractivity contribution in [2.75, 3.05) is 16.8 Å². The third-order valence-corrected chi connectivity index (χ3v) is 6.44. The molecule has 0 bridgehead atoms. The Labute approximate surface area is 215 Å². The lowest BCUT2D eigenvalue weighted by Gasteiger charge is -2.31. The Balaban J connectivity index is 1.22. The highest BCUT2D eigenvalue weighted by Crippen LogP contribution is 2.37. The summed E-state index contributed by atoms with van der Waals surface area (Å²) in [5, 5.41) is 4.29. The molecule has 2 aliphatic heterocycles. The summed E-state index contributed by atoms with van der Waals surface area (Å²) in [6, 6.07) is 22.3. The zero-order valence-corrected chi connectivity index (χ0v) is 21.0. The van der Waals surface area contributed by atoms with Crippen molar-refractivity contribution in [1.29, 1.82) is 0 Å². The monoisotopic (exact) mass is 492 g/mol. The number of fused-ring (bicyclic) bond motifs is 2. The molecule has 0 saturated heterocycles. The average Bonchev–Trinajstić information content (AvgIpc) is 3.23. The fraction of sp³-hybridized carbons (Fsp3) is 0.207. The molecule has 0 saturated carbocycles. The lowest BCUT2D eigenvalue weighted by Crippen LogP contribution is -2.35. The second kappa shape index (κ2) is 8.90. The molecular weight excluding hydrogens is 464 g/mol. The van der Waals surface area contributed by atoms with Crippen LogP contribution in [-0.2, 0) is 4.74 Å². The smallest absolute Gasteiger partial charge is 0.289 e. The SMILES string of the molecule is Cc1cc(N2C=Nc3ccc(NC4=NC(C)(C)CO4)cc3C2N)ccc1Oc1ccc2ncccc2c1. The molecule has 0 radical (unpaired) electrons. The zero-order chi connectivity index (χ0) is 25.6. The van der Waals surface area contributed by atoms with E-state index < -0.39 is 6.17 Å². The van der Waals surface area contributed by atoms with Gasteiger partial charge in [0.2, 0.25) is 0 Å². The molecule has 0 amide bonds. The van der Waals surface area contributed by atoms with Gasteiger partial charge in [-0.3, -0.25) is 4.98 Å². The first-order valence-corrected chi connectivity index (χ1v) is 12.2. The summed E-state index contributed by atoms with van der Waals surface area (Å²) in [6.45, 7) is 6.64. The summed E-state index contributed by atoms with van der Waals surface area (Å²) in [5.74, 6) is 1.54. The maximum atomic E-state index is 6.72. The standard InChI is InChI=1S/C29H28N6O2/c1-18-13-21(7-11-26(18)37-22-8-10-24-19(14-22)5-4-12-31-24)35-17-32-25-9-6-20(15-23(25)27(35)30)33-28-34-29(2,3)16-36-28/h4-15,17,27H,16,30H2,1-3H3,(H,33,34). The third-order valence-electron chi connectivity index (χ3n) is 6.44. The second-order valence-corrected chi connectivity index (χ2v) is 9.92. The lowest BCUT2D eigenvalue weighted by molar-refractivity contribution is 0.278. The van der Waals surface area contributed by atoms with E-state index in [0.29, 0.717) is 12.6 Å². The van der Waals surface area contributed by atoms with E-state index in [9.17, 15) is 0 Å². The van der Waals surface area contributed by atoms with Gasteiger partial charge in [0.05, 0.1) is 23.1 Å². The van der Waals surface area contributed by atoms with Crippen molar-refractivity contribution in [3.05, 3.63) is 84.1 Å². The van der Waals surface area contributed by atoms with Gasteiger partial charge in [-0.2, -0.15) is 0 Å². The number of hydrogen-bond donors (Lipinski definition) is 2. The number of benzene rings is 3. The van der Waals surface area contributed by atoms with Gasteiger partial charge in [0, 0.05) is 28.5 Å². The van der Waals surface area contributed by atoms with Gasteiger partial charge in [-0.25, -0.2) is 9.98 Å². The van der Waals surface area contributed by atoms with Gasteiger partial charge in [0.1, 0.15) is 24.3 Å². The number of nitrogens with two attached hydrogens (primary N) is 1. The number of nitrogens with one attached hydrogen (secondary N) is 1. The molecule has 8 heteroatoms. The largest absolute Gasteiger partial charge is 0.462 e. The highest BCUT2D eigenvalue weighted by molar-refractivity contribution is 5.92. The number of ether oxygens (including phenoxy) is 2. The quantitative estimate of drug-likeness (QED) is 0.360. The zero-order valence-electron chi connectivity index (χ0n) is 21.0. The van der Waals surface area contributed by atoms with Crippen LogP contribution in [-0.4, -0.2) is 29.5 Å². The van der Waals surface area contributed by atoms with Crippen molar-refractivity contribution < 1.29 is 9.47 Å². The van der Waals surface area contributed by atoms with Crippen molar-refractivity contribution in [2.24, 2.45) is 15.7 Å². The van der Waals surface area contributed by atoms with Gasteiger partial charge in [0.15, 0.2) is 0 Å². The normalized spacial score (nSPS) is 17.8. The fourth-order valence-corrected chi connectivity index (χ4v) is 4.48. The minimum absolute atomic E-state index is 0.229. The lowest BCUT2D eigenvalue weighted by atomic mass is 10.1. The van der Waals surface area contributed by atoms with Crippen molar-refractivity contribution in [3.63, 3.8) is 0 Å². The highest BCUT2D eigenvalue weighted by Gasteiger charge is 2.27. The molecule has 3 N–H and O–H groups in total. The van der Waals surface area contributed by atoms with E-state index in [1.54, 1.807) is 12.5 Å². The Kier molecular flexibility index (Phi) is 5.53. The van der Waals surface area contributed by atoms with Gasteiger partial charge in [-0.05, 0) is 87.0 Å². The van der Waals surface area contributed by atoms with E-state index in [0.717, 1.165) is 50.6 Å². The van der Waals surface area contributed by atoms with Crippen LogP contribution in [0.3, 0.4) is 0 Å². The molecule has 0 aliphatic carbocycles. The van der Waals surface area contributed by atoms with Crippen LogP contribution in [0.5, 0.6) is 11.5 Å². The predicted octanol–water partition coefficient (Wildman–Crippen LogP) is 6.05. The molecule has 4 aromatic rings. The van der Waals surface area contributed by atoms with Crippen molar-refractivity contribution in [1.82, 2.24) is 4.98 Å². The van der Waals surface area contributed by atoms with E-state index >= 15 is 0 Å². The Bertz CT molecular complexity index is 1560. The minimum atomic E-state index is -0.406. The van der Waals surface area contributed by atoms with Gasteiger partial charge in [0.25, 0.3) is 6.02 Å². The number of pyridine rings is 1. The molecule has 186 valence electrons. The van der Waals surface area contributed by atoms with Crippen LogP contribution >= 0.6 is 0 Å². The predicted molar refractivity (Wildman–Crippen MR) is 148 cm³/mol. The number of aliphatic imine (C=N–C) groups is 2. The number of amidine groups is 1. The first-order valence-electron chi connectivity index (χ1n) is 12.2. The van der Waals surface area contributed by atoms with Gasteiger partial charge < -0.3 is 25.4 Å². The Hall–Kier alpha value is -4.43. The summed E-state index contributed by atoms with van der Waals surface area (Å²) in [6.07, 6.45) is 3.16. The van der Waals surface area contributed by atoms with E-state index in [-0.39, 0.29) is 5.54 Å². The number of anilines is 2. The van der Waals surface area contributed by atoms with Crippen LogP contribution in [0.25, 0.3) is 10.9 Å². The van der Waals surface area contributed by atoms with E-state index in [4.69, 9.17) is 15.2 Å². The molecule has 3 aromatic carbocycles. The molecule has 2 aliphatic rings. The van der Waals surface area contributed by atoms with Crippen LogP contribution in [0.15, 0.2) is 82.9 Å². The maximum absolute atomic E-state index is 6.72. The third kappa shape index (κ3) is 4.59. The van der Waals surface area contributed by atoms with E-state index in [1.165, 1.54) is 0 Å². The van der Waals surface area contributed by atoms with Crippen molar-refractivity contribution in [3.8, 4) is 11.5 Å². The molecule has 0 fully saturated rings. The van der Waals surface area contributed by atoms with Gasteiger partial charge in [-0.1, -0.05) is 6.07 Å². The molecule has 6 rings (SSSR count). The number of aryl methyl sites for hydroxylation is 1. The summed E-state index contributed by atoms with van der Waals surface area (Å²) in [4.78, 5) is 15.5. The van der Waals surface area contributed by atoms with Crippen LogP contribution in [0.2, 0.25) is 0 Å². The summed E-state index contributed by atoms with van der Waals surface area (Å²) in [7, 11) is 0. The molecule has 0 spiro atoms. The molecule has 1 aromatic heterocycles. The summed E-state index contributed by atoms with van der Waals surface area (Å²) < 4.78 is 11.9. The molecule has 8 nitrogen and oxygen atoms in total. The number of hydrogen-bond acceptors (Lipinski definition) is 8. The van der Waals surface area contributed by atoms with Crippen LogP contribution in [0.1, 0.15) is 31.1 Å². The van der Waals surface area contributed by atoms with E-state index in [2.05, 4.69) is 26.4 Å². The van der Waals surface area contributed by atoms with Crippen LogP contribution in [0, 0.1) is 6.92 Å². The number of aromatic nitrogens is 1. The van der Waals surface area contributed by atoms with Crippen molar-refractivity contribution >= 4 is 40.3 Å². The van der Waals surface area contributed by atoms with Crippen LogP contribution < -0.4 is 20.7 Å². The Morgan fingerprint density at radius 1 is 1.08 bits per heavy atom. The summed E-state index contributed by atoms with van der Waals surface area (Å²) in [5.41, 5.74) is 11.9. The topological polar surface area (TPSA) is 97.4 Å².